The second-order valence-electron chi connectivity index (χ2n) is 6.33. The van der Waals surface area contributed by atoms with Gasteiger partial charge in [-0.15, -0.1) is 0 Å². The molecule has 0 spiro atoms. The lowest BCUT2D eigenvalue weighted by molar-refractivity contribution is -0.132. The molecule has 26 heavy (non-hydrogen) atoms. The molecule has 2 N–H and O–H groups in total. The topological polar surface area (TPSA) is 78.5 Å². The lowest BCUT2D eigenvalue weighted by atomic mass is 10.1. The Kier molecular flexibility index (Phi) is 5.31. The minimum absolute atomic E-state index is 0.0805. The van der Waals surface area contributed by atoms with E-state index in [-0.39, 0.29) is 5.91 Å². The maximum atomic E-state index is 12.1. The highest BCUT2D eigenvalue weighted by Crippen LogP contribution is 2.24. The maximum absolute atomic E-state index is 12.1. The van der Waals surface area contributed by atoms with Gasteiger partial charge in [0, 0.05) is 30.0 Å². The third-order valence-corrected chi connectivity index (χ3v) is 4.22. The van der Waals surface area contributed by atoms with E-state index in [2.05, 4.69) is 10.6 Å². The Bertz CT molecular complexity index is 848. The zero-order valence-electron chi connectivity index (χ0n) is 14.6. The molecule has 0 bridgehead atoms. The summed E-state index contributed by atoms with van der Waals surface area (Å²) in [5.74, 6) is -1.42. The third-order valence-electron chi connectivity index (χ3n) is 4.22. The van der Waals surface area contributed by atoms with Crippen LogP contribution in [0.2, 0.25) is 0 Å². The second-order valence-corrected chi connectivity index (χ2v) is 6.33. The first kappa shape index (κ1) is 17.7. The Balaban J connectivity index is 1.66. The summed E-state index contributed by atoms with van der Waals surface area (Å²) in [4.78, 5) is 38.0. The number of benzene rings is 2. The molecular weight excluding hydrogens is 330 g/mol. The molecule has 3 rings (SSSR count). The smallest absolute Gasteiger partial charge is 0.314 e. The van der Waals surface area contributed by atoms with Gasteiger partial charge in [-0.1, -0.05) is 18.2 Å². The monoisotopic (exact) mass is 351 g/mol. The van der Waals surface area contributed by atoms with Crippen molar-refractivity contribution >= 4 is 34.8 Å². The van der Waals surface area contributed by atoms with Gasteiger partial charge in [0.15, 0.2) is 0 Å². The van der Waals surface area contributed by atoms with Crippen molar-refractivity contribution in [1.82, 2.24) is 0 Å². The average molecular weight is 351 g/mol. The van der Waals surface area contributed by atoms with Crippen molar-refractivity contribution in [2.75, 3.05) is 22.1 Å². The van der Waals surface area contributed by atoms with E-state index in [4.69, 9.17) is 0 Å². The van der Waals surface area contributed by atoms with Crippen LogP contribution in [0, 0.1) is 6.92 Å². The van der Waals surface area contributed by atoms with Gasteiger partial charge < -0.3 is 15.5 Å². The molecule has 0 saturated carbocycles. The van der Waals surface area contributed by atoms with Crippen LogP contribution >= 0.6 is 0 Å². The van der Waals surface area contributed by atoms with Crippen LogP contribution in [0.1, 0.15) is 24.8 Å². The fraction of sp³-hybridized carbons (Fsp3) is 0.250. The molecule has 1 heterocycles. The quantitative estimate of drug-likeness (QED) is 0.834. The van der Waals surface area contributed by atoms with Gasteiger partial charge in [0.1, 0.15) is 0 Å². The molecule has 6 heteroatoms. The summed E-state index contributed by atoms with van der Waals surface area (Å²) in [5, 5.41) is 5.15. The molecule has 1 saturated heterocycles. The van der Waals surface area contributed by atoms with Crippen LogP contribution in [0.5, 0.6) is 0 Å². The van der Waals surface area contributed by atoms with Crippen LogP contribution in [-0.4, -0.2) is 24.3 Å². The Hall–Kier alpha value is -3.15. The zero-order chi connectivity index (χ0) is 18.5. The summed E-state index contributed by atoms with van der Waals surface area (Å²) >= 11 is 0. The van der Waals surface area contributed by atoms with E-state index in [1.807, 2.05) is 25.1 Å². The number of nitrogens with zero attached hydrogens (tertiary/aromatic N) is 1. The largest absolute Gasteiger partial charge is 0.318 e. The Morgan fingerprint density at radius 2 is 1.58 bits per heavy atom. The summed E-state index contributed by atoms with van der Waals surface area (Å²) in [7, 11) is 0. The van der Waals surface area contributed by atoms with Crippen LogP contribution < -0.4 is 15.5 Å². The number of aryl methyl sites for hydroxylation is 1. The molecule has 6 nitrogen and oxygen atoms in total. The van der Waals surface area contributed by atoms with Gasteiger partial charge >= 0.3 is 11.8 Å². The Morgan fingerprint density at radius 1 is 0.923 bits per heavy atom. The van der Waals surface area contributed by atoms with Gasteiger partial charge in [-0.25, -0.2) is 0 Å². The number of hydrogen-bond acceptors (Lipinski definition) is 3. The van der Waals surface area contributed by atoms with E-state index in [0.717, 1.165) is 24.1 Å². The summed E-state index contributed by atoms with van der Waals surface area (Å²) in [6.45, 7) is 2.58. The number of nitrogens with one attached hydrogen (secondary N) is 2. The predicted octanol–water partition coefficient (Wildman–Crippen LogP) is 3.09. The molecule has 0 aromatic heterocycles. The van der Waals surface area contributed by atoms with E-state index in [9.17, 15) is 14.4 Å². The number of rotatable bonds is 3. The van der Waals surface area contributed by atoms with Crippen molar-refractivity contribution in [1.29, 1.82) is 0 Å². The minimum Gasteiger partial charge on any atom is -0.318 e. The number of piperidine rings is 1. The van der Waals surface area contributed by atoms with Gasteiger partial charge in [0.05, 0.1) is 0 Å². The first-order chi connectivity index (χ1) is 12.5. The van der Waals surface area contributed by atoms with Crippen molar-refractivity contribution in [3.63, 3.8) is 0 Å². The van der Waals surface area contributed by atoms with E-state index in [1.54, 1.807) is 35.2 Å². The standard InChI is InChI=1S/C20H21N3O3/c1-14-6-4-7-15(12-14)21-19(25)20(26)22-16-8-5-9-17(13-16)23-11-3-2-10-18(23)24/h4-9,12-13H,2-3,10-11H2,1H3,(H,21,25)(H,22,26). The molecule has 2 aromatic carbocycles. The molecule has 0 atom stereocenters. The number of carbonyl (C=O) groups is 3. The maximum Gasteiger partial charge on any atom is 0.314 e. The molecule has 134 valence electrons. The average Bonchev–Trinajstić information content (AvgIpc) is 2.62. The highest BCUT2D eigenvalue weighted by atomic mass is 16.2. The molecule has 1 fully saturated rings. The van der Waals surface area contributed by atoms with Crippen LogP contribution in [-0.2, 0) is 14.4 Å². The van der Waals surface area contributed by atoms with Crippen LogP contribution in [0.25, 0.3) is 0 Å². The fourth-order valence-electron chi connectivity index (χ4n) is 2.93. The van der Waals surface area contributed by atoms with Gasteiger partial charge in [-0.2, -0.15) is 0 Å². The predicted molar refractivity (Wildman–Crippen MR) is 101 cm³/mol. The molecule has 2 aromatic rings. The molecule has 1 aliphatic heterocycles. The Labute approximate surface area is 152 Å². The van der Waals surface area contributed by atoms with Crippen molar-refractivity contribution in [2.24, 2.45) is 0 Å². The zero-order valence-corrected chi connectivity index (χ0v) is 14.6. The van der Waals surface area contributed by atoms with Gasteiger partial charge in [-0.05, 0) is 55.7 Å². The van der Waals surface area contributed by atoms with Gasteiger partial charge in [0.2, 0.25) is 5.91 Å². The number of hydrogen-bond donors (Lipinski definition) is 2. The van der Waals surface area contributed by atoms with Crippen molar-refractivity contribution < 1.29 is 14.4 Å². The molecular formula is C20H21N3O3. The molecule has 0 aliphatic carbocycles. The summed E-state index contributed by atoms with van der Waals surface area (Å²) < 4.78 is 0. The summed E-state index contributed by atoms with van der Waals surface area (Å²) in [5.41, 5.74) is 2.76. The number of carbonyl (C=O) groups excluding carboxylic acids is 3. The first-order valence-electron chi connectivity index (χ1n) is 8.62. The van der Waals surface area contributed by atoms with E-state index in [0.29, 0.717) is 24.3 Å². The van der Waals surface area contributed by atoms with E-state index in [1.165, 1.54) is 0 Å². The van der Waals surface area contributed by atoms with E-state index >= 15 is 0 Å². The Morgan fingerprint density at radius 3 is 2.23 bits per heavy atom. The molecule has 0 radical (unpaired) electrons. The van der Waals surface area contributed by atoms with Crippen LogP contribution in [0.15, 0.2) is 48.5 Å². The third kappa shape index (κ3) is 4.27. The lowest BCUT2D eigenvalue weighted by Gasteiger charge is -2.27. The highest BCUT2D eigenvalue weighted by Gasteiger charge is 2.20. The lowest BCUT2D eigenvalue weighted by Crippen LogP contribution is -2.35. The van der Waals surface area contributed by atoms with Gasteiger partial charge in [0.25, 0.3) is 0 Å². The minimum atomic E-state index is -0.756. The summed E-state index contributed by atoms with van der Waals surface area (Å²) in [6.07, 6.45) is 2.40. The van der Waals surface area contributed by atoms with E-state index < -0.39 is 11.8 Å². The van der Waals surface area contributed by atoms with Gasteiger partial charge in [-0.3, -0.25) is 14.4 Å². The number of anilines is 3. The van der Waals surface area contributed by atoms with Crippen LogP contribution in [0.3, 0.4) is 0 Å². The molecule has 1 aliphatic rings. The van der Waals surface area contributed by atoms with Crippen LogP contribution in [0.4, 0.5) is 17.1 Å². The second kappa shape index (κ2) is 7.82. The summed E-state index contributed by atoms with van der Waals surface area (Å²) in [6, 6.07) is 14.2. The normalized spacial score (nSPS) is 14.0. The first-order valence-corrected chi connectivity index (χ1v) is 8.62. The fourth-order valence-corrected chi connectivity index (χ4v) is 2.93. The highest BCUT2D eigenvalue weighted by molar-refractivity contribution is 6.43. The molecule has 3 amide bonds. The van der Waals surface area contributed by atoms with Crippen molar-refractivity contribution in [2.45, 2.75) is 26.2 Å². The number of amides is 3. The van der Waals surface area contributed by atoms with Crippen molar-refractivity contribution in [3.8, 4) is 0 Å². The molecule has 0 unspecified atom stereocenters. The SMILES string of the molecule is Cc1cccc(NC(=O)C(=O)Nc2cccc(N3CCCCC3=O)c2)c1. The van der Waals surface area contributed by atoms with Crippen molar-refractivity contribution in [3.05, 3.63) is 54.1 Å².